The number of aryl methyl sites for hydroxylation is 1. The normalized spacial score (nSPS) is 20.8. The van der Waals surface area contributed by atoms with E-state index in [4.69, 9.17) is 0 Å². The number of para-hydroxylation sites is 1. The summed E-state index contributed by atoms with van der Waals surface area (Å²) >= 11 is 0. The van der Waals surface area contributed by atoms with Crippen LogP contribution in [0.5, 0.6) is 0 Å². The van der Waals surface area contributed by atoms with Gasteiger partial charge in [0.05, 0.1) is 5.69 Å². The quantitative estimate of drug-likeness (QED) is 0.913. The zero-order valence-electron chi connectivity index (χ0n) is 12.4. The van der Waals surface area contributed by atoms with Crippen molar-refractivity contribution in [3.63, 3.8) is 0 Å². The van der Waals surface area contributed by atoms with E-state index in [9.17, 15) is 9.90 Å². The minimum atomic E-state index is -1.49. The van der Waals surface area contributed by atoms with Crippen LogP contribution in [0.3, 0.4) is 0 Å². The van der Waals surface area contributed by atoms with Crippen molar-refractivity contribution in [2.75, 3.05) is 5.01 Å². The van der Waals surface area contributed by atoms with Crippen LogP contribution in [0.2, 0.25) is 0 Å². The molecule has 0 saturated heterocycles. The zero-order valence-corrected chi connectivity index (χ0v) is 12.4. The number of hydrazine groups is 1. The van der Waals surface area contributed by atoms with E-state index in [0.717, 1.165) is 11.3 Å². The highest BCUT2D eigenvalue weighted by Crippen LogP contribution is 2.32. The van der Waals surface area contributed by atoms with Gasteiger partial charge in [-0.05, 0) is 25.5 Å². The number of carboxylic acid groups (broad SMARTS) is 1. The Morgan fingerprint density at radius 2 is 1.73 bits per heavy atom. The summed E-state index contributed by atoms with van der Waals surface area (Å²) in [5.74, 6) is -0.422. The fourth-order valence-electron chi connectivity index (χ4n) is 2.64. The predicted octanol–water partition coefficient (Wildman–Crippen LogP) is 2.68. The van der Waals surface area contributed by atoms with E-state index in [0.29, 0.717) is 11.4 Å². The number of carbonyl (C=O) groups is 1. The molecular formula is C17H17N3O2. The first-order valence-electron chi connectivity index (χ1n) is 7.03. The maximum atomic E-state index is 11.9. The lowest BCUT2D eigenvalue weighted by molar-refractivity contribution is -0.144. The Hall–Kier alpha value is -2.66. The highest BCUT2D eigenvalue weighted by atomic mass is 16.4. The predicted molar refractivity (Wildman–Crippen MR) is 85.7 cm³/mol. The molecule has 0 aliphatic carbocycles. The molecule has 0 saturated carbocycles. The van der Waals surface area contributed by atoms with Gasteiger partial charge >= 0.3 is 5.97 Å². The summed E-state index contributed by atoms with van der Waals surface area (Å²) in [5, 5.41) is 11.5. The number of amidine groups is 1. The molecule has 0 spiro atoms. The van der Waals surface area contributed by atoms with Crippen LogP contribution < -0.4 is 10.4 Å². The lowest BCUT2D eigenvalue weighted by Crippen LogP contribution is -2.51. The van der Waals surface area contributed by atoms with E-state index in [2.05, 4.69) is 10.4 Å². The minimum absolute atomic E-state index is 0.595. The Morgan fingerprint density at radius 3 is 2.36 bits per heavy atom. The number of benzene rings is 2. The molecule has 0 fully saturated rings. The lowest BCUT2D eigenvalue weighted by Gasteiger charge is -2.27. The Labute approximate surface area is 128 Å². The van der Waals surface area contributed by atoms with Gasteiger partial charge in [-0.15, -0.1) is 0 Å². The fraction of sp³-hybridized carbons (Fsp3) is 0.176. The van der Waals surface area contributed by atoms with E-state index in [1.165, 1.54) is 0 Å². The minimum Gasteiger partial charge on any atom is -0.478 e. The molecule has 3 rings (SSSR count). The van der Waals surface area contributed by atoms with Gasteiger partial charge < -0.3 is 5.11 Å². The molecule has 22 heavy (non-hydrogen) atoms. The first-order chi connectivity index (χ1) is 10.5. The molecule has 1 aliphatic heterocycles. The average molecular weight is 295 g/mol. The van der Waals surface area contributed by atoms with Crippen LogP contribution >= 0.6 is 0 Å². The molecular weight excluding hydrogens is 278 g/mol. The molecule has 1 unspecified atom stereocenters. The third-order valence-corrected chi connectivity index (χ3v) is 3.78. The maximum absolute atomic E-state index is 11.9. The Morgan fingerprint density at radius 1 is 1.09 bits per heavy atom. The summed E-state index contributed by atoms with van der Waals surface area (Å²) < 4.78 is 0. The highest BCUT2D eigenvalue weighted by Gasteiger charge is 2.47. The molecule has 0 amide bonds. The van der Waals surface area contributed by atoms with Crippen molar-refractivity contribution in [3.8, 4) is 0 Å². The molecule has 1 aliphatic rings. The number of aliphatic imine (C=N–C) groups is 1. The number of hydrogen-bond acceptors (Lipinski definition) is 4. The molecule has 2 N–H and O–H groups in total. The Kier molecular flexibility index (Phi) is 3.42. The summed E-state index contributed by atoms with van der Waals surface area (Å²) in [6.07, 6.45) is 0. The van der Waals surface area contributed by atoms with Crippen molar-refractivity contribution in [1.29, 1.82) is 0 Å². The molecule has 0 radical (unpaired) electrons. The second-order valence-electron chi connectivity index (χ2n) is 5.27. The standard InChI is InChI=1S/C17H17N3O2/c1-12-8-6-7-11-15(12)20-13(2)18-17(19-20,16(21)22)14-9-4-3-5-10-14/h3-11,19H,1-2H3,(H,21,22). The molecule has 112 valence electrons. The van der Waals surface area contributed by atoms with Gasteiger partial charge in [-0.25, -0.2) is 9.79 Å². The molecule has 2 aromatic carbocycles. The number of carboxylic acids is 1. The SMILES string of the molecule is CC1=NC(C(=O)O)(c2ccccc2)NN1c1ccccc1C. The number of rotatable bonds is 3. The molecule has 5 heteroatoms. The van der Waals surface area contributed by atoms with Crippen molar-refractivity contribution in [2.45, 2.75) is 19.5 Å². The third kappa shape index (κ3) is 2.16. The van der Waals surface area contributed by atoms with Crippen LogP contribution in [-0.4, -0.2) is 16.9 Å². The monoisotopic (exact) mass is 295 g/mol. The van der Waals surface area contributed by atoms with E-state index >= 15 is 0 Å². The third-order valence-electron chi connectivity index (χ3n) is 3.78. The van der Waals surface area contributed by atoms with Crippen molar-refractivity contribution in [2.24, 2.45) is 4.99 Å². The summed E-state index contributed by atoms with van der Waals surface area (Å²) in [6.45, 7) is 3.78. The summed E-state index contributed by atoms with van der Waals surface area (Å²) in [6, 6.07) is 16.8. The molecule has 1 heterocycles. The second-order valence-corrected chi connectivity index (χ2v) is 5.27. The van der Waals surface area contributed by atoms with Crippen LogP contribution in [0.1, 0.15) is 18.1 Å². The number of anilines is 1. The van der Waals surface area contributed by atoms with Crippen LogP contribution in [0.15, 0.2) is 59.6 Å². The maximum Gasteiger partial charge on any atom is 0.353 e. The van der Waals surface area contributed by atoms with Crippen LogP contribution in [0.25, 0.3) is 0 Å². The number of nitrogens with zero attached hydrogens (tertiary/aromatic N) is 2. The zero-order chi connectivity index (χ0) is 15.7. The number of nitrogens with one attached hydrogen (secondary N) is 1. The van der Waals surface area contributed by atoms with E-state index < -0.39 is 11.6 Å². The highest BCUT2D eigenvalue weighted by molar-refractivity contribution is 6.01. The van der Waals surface area contributed by atoms with Crippen molar-refractivity contribution < 1.29 is 9.90 Å². The smallest absolute Gasteiger partial charge is 0.353 e. The number of aliphatic carboxylic acids is 1. The van der Waals surface area contributed by atoms with Gasteiger partial charge in [-0.1, -0.05) is 48.5 Å². The first-order valence-corrected chi connectivity index (χ1v) is 7.03. The van der Waals surface area contributed by atoms with E-state index in [1.54, 1.807) is 24.1 Å². The average Bonchev–Trinajstić information content (AvgIpc) is 2.88. The van der Waals surface area contributed by atoms with Crippen molar-refractivity contribution in [3.05, 3.63) is 65.7 Å². The largest absolute Gasteiger partial charge is 0.478 e. The van der Waals surface area contributed by atoms with E-state index in [-0.39, 0.29) is 0 Å². The van der Waals surface area contributed by atoms with Gasteiger partial charge in [0.2, 0.25) is 0 Å². The van der Waals surface area contributed by atoms with Gasteiger partial charge in [0.1, 0.15) is 5.84 Å². The summed E-state index contributed by atoms with van der Waals surface area (Å²) in [5.41, 5.74) is 4.09. The van der Waals surface area contributed by atoms with Crippen LogP contribution in [0, 0.1) is 6.92 Å². The topological polar surface area (TPSA) is 64.9 Å². The first kappa shape index (κ1) is 14.3. The molecule has 0 aromatic heterocycles. The summed E-state index contributed by atoms with van der Waals surface area (Å²) in [4.78, 5) is 16.4. The van der Waals surface area contributed by atoms with Crippen molar-refractivity contribution in [1.82, 2.24) is 5.43 Å². The van der Waals surface area contributed by atoms with Gasteiger partial charge in [-0.2, -0.15) is 5.43 Å². The second kappa shape index (κ2) is 5.27. The van der Waals surface area contributed by atoms with Gasteiger partial charge in [0.25, 0.3) is 5.66 Å². The molecule has 2 aromatic rings. The van der Waals surface area contributed by atoms with Crippen molar-refractivity contribution >= 4 is 17.5 Å². The van der Waals surface area contributed by atoms with Crippen LogP contribution in [-0.2, 0) is 10.5 Å². The Bertz CT molecular complexity index is 743. The van der Waals surface area contributed by atoms with Gasteiger partial charge in [-0.3, -0.25) is 5.01 Å². The Balaban J connectivity index is 2.07. The van der Waals surface area contributed by atoms with Crippen LogP contribution in [0.4, 0.5) is 5.69 Å². The molecule has 1 atom stereocenters. The van der Waals surface area contributed by atoms with Gasteiger partial charge in [0, 0.05) is 5.56 Å². The number of hydrogen-bond donors (Lipinski definition) is 2. The van der Waals surface area contributed by atoms with E-state index in [1.807, 2.05) is 49.4 Å². The molecule has 5 nitrogen and oxygen atoms in total. The lowest BCUT2D eigenvalue weighted by atomic mass is 10.0. The fourth-order valence-corrected chi connectivity index (χ4v) is 2.64. The molecule has 0 bridgehead atoms. The summed E-state index contributed by atoms with van der Waals surface area (Å²) in [7, 11) is 0. The van der Waals surface area contributed by atoms with Gasteiger partial charge in [0.15, 0.2) is 0 Å².